The lowest BCUT2D eigenvalue weighted by molar-refractivity contribution is 0.0471. The van der Waals surface area contributed by atoms with E-state index in [1.54, 1.807) is 12.1 Å². The van der Waals surface area contributed by atoms with Gasteiger partial charge in [-0.2, -0.15) is 0 Å². The van der Waals surface area contributed by atoms with Crippen molar-refractivity contribution >= 4 is 49.0 Å². The molecule has 1 aromatic heterocycles. The molecular formula is C13H9BrFNO5S2. The van der Waals surface area contributed by atoms with Crippen LogP contribution < -0.4 is 5.14 Å². The van der Waals surface area contributed by atoms with Gasteiger partial charge >= 0.3 is 5.97 Å². The van der Waals surface area contributed by atoms with Gasteiger partial charge in [0.15, 0.2) is 6.61 Å². The Morgan fingerprint density at radius 3 is 2.52 bits per heavy atom. The molecule has 0 saturated carbocycles. The minimum absolute atomic E-state index is 0.364. The van der Waals surface area contributed by atoms with Gasteiger partial charge in [-0.05, 0) is 46.3 Å². The van der Waals surface area contributed by atoms with Crippen molar-refractivity contribution in [3.05, 3.63) is 50.4 Å². The SMILES string of the molecule is NS(=O)(=O)c1ccc(F)c(C(=O)OCC(=O)c2ccc(Br)s2)c1. The number of esters is 1. The Morgan fingerprint density at radius 1 is 1.26 bits per heavy atom. The fourth-order valence-electron chi connectivity index (χ4n) is 1.58. The number of halogens is 2. The fourth-order valence-corrected chi connectivity index (χ4v) is 3.43. The van der Waals surface area contributed by atoms with Crippen molar-refractivity contribution in [2.75, 3.05) is 6.61 Å². The number of thiophene rings is 1. The first-order valence-corrected chi connectivity index (χ1v) is 9.12. The molecule has 1 heterocycles. The Morgan fingerprint density at radius 2 is 1.96 bits per heavy atom. The summed E-state index contributed by atoms with van der Waals surface area (Å²) in [5.41, 5.74) is -0.614. The lowest BCUT2D eigenvalue weighted by Gasteiger charge is -2.06. The first-order valence-electron chi connectivity index (χ1n) is 5.96. The van der Waals surface area contributed by atoms with Crippen LogP contribution in [-0.2, 0) is 14.8 Å². The third-order valence-corrected chi connectivity index (χ3v) is 5.24. The van der Waals surface area contributed by atoms with Crippen molar-refractivity contribution in [2.24, 2.45) is 5.14 Å². The minimum Gasteiger partial charge on any atom is -0.454 e. The zero-order chi connectivity index (χ0) is 17.2. The van der Waals surface area contributed by atoms with Crippen LogP contribution in [0, 0.1) is 5.82 Å². The monoisotopic (exact) mass is 421 g/mol. The van der Waals surface area contributed by atoms with Crippen molar-refractivity contribution in [1.82, 2.24) is 0 Å². The molecule has 1 aromatic carbocycles. The van der Waals surface area contributed by atoms with Gasteiger partial charge in [-0.15, -0.1) is 11.3 Å². The average molecular weight is 422 g/mol. The predicted octanol–water partition coefficient (Wildman–Crippen LogP) is 2.34. The van der Waals surface area contributed by atoms with Crippen molar-refractivity contribution in [2.45, 2.75) is 4.90 Å². The van der Waals surface area contributed by atoms with Gasteiger partial charge in [0.1, 0.15) is 5.82 Å². The van der Waals surface area contributed by atoms with Crippen molar-refractivity contribution in [1.29, 1.82) is 0 Å². The van der Waals surface area contributed by atoms with Crippen LogP contribution in [0.25, 0.3) is 0 Å². The van der Waals surface area contributed by atoms with E-state index in [0.29, 0.717) is 4.88 Å². The van der Waals surface area contributed by atoms with Crippen LogP contribution in [0.2, 0.25) is 0 Å². The maximum atomic E-state index is 13.6. The molecule has 2 rings (SSSR count). The number of benzene rings is 1. The zero-order valence-corrected chi connectivity index (χ0v) is 14.5. The van der Waals surface area contributed by atoms with E-state index in [9.17, 15) is 22.4 Å². The molecule has 0 atom stereocenters. The van der Waals surface area contributed by atoms with Crippen molar-refractivity contribution < 1.29 is 27.1 Å². The summed E-state index contributed by atoms with van der Waals surface area (Å²) in [6.07, 6.45) is 0. The summed E-state index contributed by atoms with van der Waals surface area (Å²) in [6, 6.07) is 5.69. The van der Waals surface area contributed by atoms with Crippen molar-refractivity contribution in [3.63, 3.8) is 0 Å². The zero-order valence-electron chi connectivity index (χ0n) is 11.3. The number of Topliss-reactive ketones (excluding diaryl/α,β-unsaturated/α-hetero) is 1. The second kappa shape index (κ2) is 6.87. The van der Waals surface area contributed by atoms with Crippen LogP contribution >= 0.6 is 27.3 Å². The molecule has 0 amide bonds. The highest BCUT2D eigenvalue weighted by Crippen LogP contribution is 2.22. The van der Waals surface area contributed by atoms with Gasteiger partial charge in [0.2, 0.25) is 15.8 Å². The Kier molecular flexibility index (Phi) is 5.30. The topological polar surface area (TPSA) is 104 Å². The number of sulfonamides is 1. The standard InChI is InChI=1S/C13H9BrFNO5S2/c14-12-4-3-11(22-12)10(17)6-21-13(18)8-5-7(23(16,19)20)1-2-9(8)15/h1-5H,6H2,(H2,16,19,20). The minimum atomic E-state index is -4.09. The molecule has 2 N–H and O–H groups in total. The summed E-state index contributed by atoms with van der Waals surface area (Å²) < 4.78 is 41.5. The van der Waals surface area contributed by atoms with Crippen LogP contribution in [-0.4, -0.2) is 26.8 Å². The molecule has 0 aliphatic heterocycles. The van der Waals surface area contributed by atoms with E-state index in [1.807, 2.05) is 0 Å². The highest BCUT2D eigenvalue weighted by atomic mass is 79.9. The molecule has 2 aromatic rings. The summed E-state index contributed by atoms with van der Waals surface area (Å²) in [5, 5.41) is 4.92. The molecule has 0 bridgehead atoms. The van der Waals surface area contributed by atoms with Gasteiger partial charge in [0, 0.05) is 0 Å². The number of carbonyl (C=O) groups excluding carboxylic acids is 2. The number of carbonyl (C=O) groups is 2. The molecule has 0 fully saturated rings. The van der Waals surface area contributed by atoms with E-state index in [4.69, 9.17) is 9.88 Å². The Bertz CT molecular complexity index is 878. The molecule has 122 valence electrons. The van der Waals surface area contributed by atoms with Gasteiger partial charge in [-0.25, -0.2) is 22.7 Å². The molecule has 0 radical (unpaired) electrons. The lowest BCUT2D eigenvalue weighted by atomic mass is 10.2. The van der Waals surface area contributed by atoms with Crippen LogP contribution in [0.3, 0.4) is 0 Å². The molecule has 0 aliphatic carbocycles. The summed E-state index contributed by atoms with van der Waals surface area (Å²) in [4.78, 5) is 23.6. The van der Waals surface area contributed by atoms with E-state index in [1.165, 1.54) is 0 Å². The second-order valence-electron chi connectivity index (χ2n) is 4.29. The highest BCUT2D eigenvalue weighted by Gasteiger charge is 2.19. The van der Waals surface area contributed by atoms with Crippen molar-refractivity contribution in [3.8, 4) is 0 Å². The number of ether oxygens (including phenoxy) is 1. The molecular weight excluding hydrogens is 413 g/mol. The highest BCUT2D eigenvalue weighted by molar-refractivity contribution is 9.11. The van der Waals surface area contributed by atoms with Gasteiger partial charge < -0.3 is 4.74 Å². The maximum absolute atomic E-state index is 13.6. The van der Waals surface area contributed by atoms with Gasteiger partial charge in [-0.1, -0.05) is 0 Å². The van der Waals surface area contributed by atoms with Gasteiger partial charge in [0.05, 0.1) is 19.1 Å². The number of rotatable bonds is 5. The van der Waals surface area contributed by atoms with Gasteiger partial charge in [-0.3, -0.25) is 4.79 Å². The molecule has 0 saturated heterocycles. The first kappa shape index (κ1) is 17.7. The number of hydrogen-bond acceptors (Lipinski definition) is 6. The third-order valence-electron chi connectivity index (χ3n) is 2.67. The van der Waals surface area contributed by atoms with Crippen LogP contribution in [0.15, 0.2) is 39.0 Å². The van der Waals surface area contributed by atoms with E-state index < -0.39 is 44.7 Å². The van der Waals surface area contributed by atoms with E-state index in [2.05, 4.69) is 15.9 Å². The van der Waals surface area contributed by atoms with E-state index in [0.717, 1.165) is 33.3 Å². The Balaban J connectivity index is 2.13. The number of primary sulfonamides is 1. The summed E-state index contributed by atoms with van der Waals surface area (Å²) in [5.74, 6) is -2.59. The number of nitrogens with two attached hydrogens (primary N) is 1. The molecule has 6 nitrogen and oxygen atoms in total. The Labute approximate surface area is 143 Å². The summed E-state index contributed by atoms with van der Waals surface area (Å²) in [6.45, 7) is -0.592. The molecule has 0 unspecified atom stereocenters. The smallest absolute Gasteiger partial charge is 0.341 e. The second-order valence-corrected chi connectivity index (χ2v) is 8.31. The maximum Gasteiger partial charge on any atom is 0.341 e. The van der Waals surface area contributed by atoms with Gasteiger partial charge in [0.25, 0.3) is 0 Å². The normalized spacial score (nSPS) is 11.3. The summed E-state index contributed by atoms with van der Waals surface area (Å²) in [7, 11) is -4.09. The predicted molar refractivity (Wildman–Crippen MR) is 84.4 cm³/mol. The molecule has 10 heteroatoms. The van der Waals surface area contributed by atoms with E-state index >= 15 is 0 Å². The first-order chi connectivity index (χ1) is 10.7. The largest absolute Gasteiger partial charge is 0.454 e. The molecule has 0 spiro atoms. The number of ketones is 1. The van der Waals surface area contributed by atoms with Crippen LogP contribution in [0.5, 0.6) is 0 Å². The third kappa shape index (κ3) is 4.44. The lowest BCUT2D eigenvalue weighted by Crippen LogP contribution is -2.17. The Hall–Kier alpha value is -1.62. The number of hydrogen-bond donors (Lipinski definition) is 1. The quantitative estimate of drug-likeness (QED) is 0.589. The molecule has 23 heavy (non-hydrogen) atoms. The van der Waals surface area contributed by atoms with Crippen LogP contribution in [0.1, 0.15) is 20.0 Å². The average Bonchev–Trinajstić information content (AvgIpc) is 2.90. The van der Waals surface area contributed by atoms with E-state index in [-0.39, 0.29) is 0 Å². The fraction of sp³-hybridized carbons (Fsp3) is 0.0769. The van der Waals surface area contributed by atoms with Crippen LogP contribution in [0.4, 0.5) is 4.39 Å². The molecule has 0 aliphatic rings. The summed E-state index contributed by atoms with van der Waals surface area (Å²) >= 11 is 4.35.